The summed E-state index contributed by atoms with van der Waals surface area (Å²) < 4.78 is 7.40. The van der Waals surface area contributed by atoms with Gasteiger partial charge in [-0.25, -0.2) is 15.0 Å². The average molecular weight is 578 g/mol. The zero-order chi connectivity index (χ0) is 28.0. The molecule has 0 saturated carbocycles. The first-order valence-corrected chi connectivity index (χ1v) is 13.3. The third kappa shape index (κ3) is 4.67. The Morgan fingerprint density at radius 2 is 2.10 bits per heavy atom. The molecule has 40 heavy (non-hydrogen) atoms. The highest BCUT2D eigenvalue weighted by molar-refractivity contribution is 7.19. The zero-order valence-electron chi connectivity index (χ0n) is 20.8. The Morgan fingerprint density at radius 1 is 1.25 bits per heavy atom. The summed E-state index contributed by atoms with van der Waals surface area (Å²) in [4.78, 5) is 56.9. The number of thiophene rings is 1. The Hall–Kier alpha value is -4.69. The van der Waals surface area contributed by atoms with Crippen LogP contribution in [0.3, 0.4) is 0 Å². The number of amides is 2. The van der Waals surface area contributed by atoms with Crippen molar-refractivity contribution in [2.24, 2.45) is 0 Å². The molecule has 0 unspecified atom stereocenters. The molecule has 4 N–H and O–H groups in total. The number of hydrogen-bond donors (Lipinski definition) is 3. The van der Waals surface area contributed by atoms with E-state index in [2.05, 4.69) is 35.7 Å². The van der Waals surface area contributed by atoms with E-state index in [1.54, 1.807) is 24.4 Å². The molecule has 13 nitrogen and oxygen atoms in total. The van der Waals surface area contributed by atoms with Gasteiger partial charge in [-0.05, 0) is 30.7 Å². The van der Waals surface area contributed by atoms with Crippen LogP contribution in [0.1, 0.15) is 46.6 Å². The van der Waals surface area contributed by atoms with E-state index in [1.807, 2.05) is 13.0 Å². The molecular formula is C25H20ClN9O4S. The molecule has 0 aromatic carbocycles. The van der Waals surface area contributed by atoms with Crippen LogP contribution in [-0.4, -0.2) is 41.5 Å². The smallest absolute Gasteiger partial charge is 0.297 e. The van der Waals surface area contributed by atoms with Gasteiger partial charge in [0, 0.05) is 33.3 Å². The number of carbonyl (C=O) groups excluding carboxylic acids is 2. The van der Waals surface area contributed by atoms with E-state index in [0.717, 1.165) is 15.0 Å². The maximum absolute atomic E-state index is 13.4. The minimum absolute atomic E-state index is 0.0523. The minimum atomic E-state index is -0.798. The van der Waals surface area contributed by atoms with Crippen molar-refractivity contribution in [2.45, 2.75) is 31.8 Å². The maximum atomic E-state index is 13.4. The number of fused-ring (bicyclic) bond motifs is 2. The van der Waals surface area contributed by atoms with Crippen molar-refractivity contribution in [2.75, 3.05) is 11.1 Å². The predicted molar refractivity (Wildman–Crippen MR) is 147 cm³/mol. The van der Waals surface area contributed by atoms with E-state index in [0.29, 0.717) is 18.1 Å². The van der Waals surface area contributed by atoms with Crippen molar-refractivity contribution < 1.29 is 14.1 Å². The lowest BCUT2D eigenvalue weighted by Gasteiger charge is -2.15. The molecule has 6 heterocycles. The summed E-state index contributed by atoms with van der Waals surface area (Å²) in [5.74, 6) is -0.772. The van der Waals surface area contributed by atoms with Crippen LogP contribution in [0.15, 0.2) is 52.2 Å². The van der Waals surface area contributed by atoms with Crippen LogP contribution in [0.5, 0.6) is 0 Å². The summed E-state index contributed by atoms with van der Waals surface area (Å²) in [5, 5.41) is 10.2. The molecule has 6 rings (SSSR count). The summed E-state index contributed by atoms with van der Waals surface area (Å²) in [5.41, 5.74) is 5.28. The highest BCUT2D eigenvalue weighted by Crippen LogP contribution is 2.34. The molecule has 15 heteroatoms. The number of nitrogens with zero attached hydrogens (tertiary/aromatic N) is 6. The molecule has 0 radical (unpaired) electrons. The monoisotopic (exact) mass is 577 g/mol. The van der Waals surface area contributed by atoms with Gasteiger partial charge in [0.05, 0.1) is 17.8 Å². The zero-order valence-corrected chi connectivity index (χ0v) is 22.4. The van der Waals surface area contributed by atoms with E-state index in [4.69, 9.17) is 21.9 Å². The molecule has 5 aromatic rings. The van der Waals surface area contributed by atoms with Crippen LogP contribution >= 0.6 is 22.9 Å². The third-order valence-electron chi connectivity index (χ3n) is 6.40. The molecule has 0 fully saturated rings. The highest BCUT2D eigenvalue weighted by atomic mass is 35.5. The summed E-state index contributed by atoms with van der Waals surface area (Å²) in [6.07, 6.45) is 4.82. The molecule has 1 aliphatic heterocycles. The van der Waals surface area contributed by atoms with E-state index in [1.165, 1.54) is 28.3 Å². The first-order chi connectivity index (χ1) is 19.3. The normalized spacial score (nSPS) is 16.1. The molecule has 0 spiro atoms. The third-order valence-corrected chi connectivity index (χ3v) is 7.81. The Morgan fingerprint density at radius 3 is 2.92 bits per heavy atom. The van der Waals surface area contributed by atoms with Crippen molar-refractivity contribution >= 4 is 56.3 Å². The first-order valence-electron chi connectivity index (χ1n) is 12.1. The number of carbonyl (C=O) groups is 2. The van der Waals surface area contributed by atoms with Crippen LogP contribution < -0.4 is 21.9 Å². The number of rotatable bonds is 6. The average Bonchev–Trinajstić information content (AvgIpc) is 3.66. The van der Waals surface area contributed by atoms with Crippen molar-refractivity contribution in [1.82, 2.24) is 35.0 Å². The van der Waals surface area contributed by atoms with Crippen LogP contribution in [-0.2, 0) is 11.3 Å². The largest absolute Gasteiger partial charge is 0.384 e. The topological polar surface area (TPSA) is 184 Å². The summed E-state index contributed by atoms with van der Waals surface area (Å²) in [6.45, 7) is 2.16. The first kappa shape index (κ1) is 25.6. The second kappa shape index (κ2) is 10.1. The van der Waals surface area contributed by atoms with Gasteiger partial charge in [-0.3, -0.25) is 19.0 Å². The number of aromatic nitrogens is 6. The molecule has 202 valence electrons. The van der Waals surface area contributed by atoms with E-state index >= 15 is 0 Å². The Balaban J connectivity index is 1.20. The summed E-state index contributed by atoms with van der Waals surface area (Å²) in [7, 11) is 0. The van der Waals surface area contributed by atoms with Crippen LogP contribution in [0.2, 0.25) is 5.02 Å². The number of hydrogen-bond acceptors (Lipinski definition) is 11. The lowest BCUT2D eigenvalue weighted by atomic mass is 10.1. The fraction of sp³-hybridized carbons (Fsp3) is 0.200. The maximum Gasteiger partial charge on any atom is 0.297 e. The SMILES string of the molecule is C[C@@H]1C[C@@H](C(=O)NCc2cc3cnc(N)cc3s2)n2c1ncc(NC(=O)c1noc(-c3ncccc3Cl)n1)c2=O. The highest BCUT2D eigenvalue weighted by Gasteiger charge is 2.36. The van der Waals surface area contributed by atoms with Gasteiger partial charge in [0.1, 0.15) is 29.1 Å². The molecule has 1 aliphatic rings. The Bertz CT molecular complexity index is 1850. The standard InChI is InChI=1S/C25H20ClN9O4S/c1-11-5-16(22(36)31-9-13-6-12-8-29-18(27)7-17(12)40-13)35-21(11)30-10-15(25(35)38)32-23(37)20-33-24(39-34-20)19-14(26)3-2-4-28-19/h2-4,6-8,10-11,16H,5,9H2,1H3,(H2,27,29)(H,31,36)(H,32,37)/t11-,16+/m1/s1. The lowest BCUT2D eigenvalue weighted by Crippen LogP contribution is -2.36. The number of halogens is 1. The Labute approximate surface area is 234 Å². The molecule has 5 aromatic heterocycles. The quantitative estimate of drug-likeness (QED) is 0.271. The van der Waals surface area contributed by atoms with E-state index in [9.17, 15) is 14.4 Å². The number of anilines is 2. The van der Waals surface area contributed by atoms with E-state index in [-0.39, 0.29) is 46.5 Å². The lowest BCUT2D eigenvalue weighted by molar-refractivity contribution is -0.124. The van der Waals surface area contributed by atoms with Crippen molar-refractivity contribution in [3.05, 3.63) is 74.8 Å². The van der Waals surface area contributed by atoms with Gasteiger partial charge in [0.2, 0.25) is 5.91 Å². The minimum Gasteiger partial charge on any atom is -0.384 e. The molecule has 2 amide bonds. The second-order valence-corrected chi connectivity index (χ2v) is 10.7. The van der Waals surface area contributed by atoms with Gasteiger partial charge in [0.15, 0.2) is 0 Å². The van der Waals surface area contributed by atoms with Gasteiger partial charge < -0.3 is 20.9 Å². The number of nitrogens with one attached hydrogen (secondary N) is 2. The van der Waals surface area contributed by atoms with Crippen LogP contribution in [0, 0.1) is 0 Å². The van der Waals surface area contributed by atoms with Gasteiger partial charge in [-0.15, -0.1) is 11.3 Å². The second-order valence-electron chi connectivity index (χ2n) is 9.15. The molecule has 0 saturated heterocycles. The predicted octanol–water partition coefficient (Wildman–Crippen LogP) is 3.15. The van der Waals surface area contributed by atoms with Crippen LogP contribution in [0.4, 0.5) is 11.5 Å². The van der Waals surface area contributed by atoms with Gasteiger partial charge in [-0.1, -0.05) is 23.7 Å². The number of pyridine rings is 2. The summed E-state index contributed by atoms with van der Waals surface area (Å²) in [6, 6.07) is 6.15. The van der Waals surface area contributed by atoms with Crippen LogP contribution in [0.25, 0.3) is 21.7 Å². The molecule has 2 atom stereocenters. The fourth-order valence-corrected chi connectivity index (χ4v) is 5.74. The van der Waals surface area contributed by atoms with E-state index < -0.39 is 17.5 Å². The van der Waals surface area contributed by atoms with Crippen molar-refractivity contribution in [3.8, 4) is 11.6 Å². The summed E-state index contributed by atoms with van der Waals surface area (Å²) >= 11 is 7.60. The van der Waals surface area contributed by atoms with Crippen molar-refractivity contribution in [3.63, 3.8) is 0 Å². The van der Waals surface area contributed by atoms with Gasteiger partial charge in [0.25, 0.3) is 23.2 Å². The molecule has 0 aliphatic carbocycles. The number of nitrogens with two attached hydrogens (primary N) is 1. The van der Waals surface area contributed by atoms with Gasteiger partial charge in [-0.2, -0.15) is 4.98 Å². The fourth-order valence-electron chi connectivity index (χ4n) is 4.52. The van der Waals surface area contributed by atoms with Crippen molar-refractivity contribution in [1.29, 1.82) is 0 Å². The number of nitrogen functional groups attached to an aromatic ring is 1. The Kier molecular flexibility index (Phi) is 6.48. The molecule has 0 bridgehead atoms. The molecular weight excluding hydrogens is 558 g/mol. The van der Waals surface area contributed by atoms with Gasteiger partial charge >= 0.3 is 0 Å².